The molecular weight excluding hydrogens is 206 g/mol. The molecule has 2 rings (SSSR count). The molecule has 1 N–H and O–H groups in total. The number of hydrogen-bond acceptors (Lipinski definition) is 2. The molecule has 0 aliphatic heterocycles. The monoisotopic (exact) mass is 217 g/mol. The number of hydrogen-bond donors (Lipinski definition) is 1. The minimum absolute atomic E-state index is 0.0617. The molecule has 1 amide bonds. The van der Waals surface area contributed by atoms with Crippen molar-refractivity contribution in [2.24, 2.45) is 0 Å². The van der Waals surface area contributed by atoms with Crippen molar-refractivity contribution in [3.63, 3.8) is 0 Å². The Morgan fingerprint density at radius 2 is 1.93 bits per heavy atom. The predicted octanol–water partition coefficient (Wildman–Crippen LogP) is 3.31. The lowest BCUT2D eigenvalue weighted by Gasteiger charge is -2.02. The molecule has 0 fully saturated rings. The quantitative estimate of drug-likeness (QED) is 0.821. The van der Waals surface area contributed by atoms with Crippen LogP contribution in [0.5, 0.6) is 0 Å². The van der Waals surface area contributed by atoms with E-state index >= 15 is 0 Å². The first-order valence-corrected chi connectivity index (χ1v) is 5.60. The smallest absolute Gasteiger partial charge is 0.255 e. The van der Waals surface area contributed by atoms with Crippen LogP contribution in [0.2, 0.25) is 0 Å². The topological polar surface area (TPSA) is 29.1 Å². The molecule has 2 aromatic rings. The molecule has 1 aromatic heterocycles. The van der Waals surface area contributed by atoms with Crippen LogP contribution in [0, 0.1) is 6.92 Å². The zero-order chi connectivity index (χ0) is 10.7. The maximum absolute atomic E-state index is 11.7. The van der Waals surface area contributed by atoms with Gasteiger partial charge in [0.25, 0.3) is 5.91 Å². The molecular formula is C12H11NOS. The molecule has 2 nitrogen and oxygen atoms in total. The molecule has 76 valence electrons. The van der Waals surface area contributed by atoms with Crippen LogP contribution in [-0.4, -0.2) is 5.91 Å². The Hall–Kier alpha value is -1.61. The highest BCUT2D eigenvalue weighted by Crippen LogP contribution is 2.13. The molecule has 0 saturated carbocycles. The summed E-state index contributed by atoms with van der Waals surface area (Å²) in [4.78, 5) is 11.7. The van der Waals surface area contributed by atoms with Gasteiger partial charge in [-0.05, 0) is 30.5 Å². The molecule has 0 aliphatic carbocycles. The van der Waals surface area contributed by atoms with Gasteiger partial charge >= 0.3 is 0 Å². The zero-order valence-electron chi connectivity index (χ0n) is 8.36. The summed E-state index contributed by atoms with van der Waals surface area (Å²) in [6, 6.07) is 9.41. The lowest BCUT2D eigenvalue weighted by Crippen LogP contribution is -2.10. The van der Waals surface area contributed by atoms with Gasteiger partial charge in [-0.1, -0.05) is 17.7 Å². The summed E-state index contributed by atoms with van der Waals surface area (Å²) in [7, 11) is 0. The molecule has 0 saturated heterocycles. The third-order valence-corrected chi connectivity index (χ3v) is 2.78. The molecule has 0 spiro atoms. The molecule has 0 bridgehead atoms. The Balaban J connectivity index is 2.11. The van der Waals surface area contributed by atoms with Gasteiger partial charge in [0.15, 0.2) is 0 Å². The fourth-order valence-corrected chi connectivity index (χ4v) is 1.83. The van der Waals surface area contributed by atoms with E-state index in [1.165, 1.54) is 0 Å². The maximum atomic E-state index is 11.7. The Morgan fingerprint density at radius 3 is 2.53 bits per heavy atom. The minimum atomic E-state index is -0.0617. The van der Waals surface area contributed by atoms with Gasteiger partial charge in [0.05, 0.1) is 5.69 Å². The SMILES string of the molecule is Cc1ccc(C(=O)Nc2ccsc2)cc1. The van der Waals surface area contributed by atoms with E-state index < -0.39 is 0 Å². The van der Waals surface area contributed by atoms with Gasteiger partial charge in [0, 0.05) is 10.9 Å². The standard InChI is InChI=1S/C12H11NOS/c1-9-2-4-10(5-3-9)12(14)13-11-6-7-15-8-11/h2-8H,1H3,(H,13,14). The molecule has 3 heteroatoms. The van der Waals surface area contributed by atoms with E-state index in [9.17, 15) is 4.79 Å². The average Bonchev–Trinajstić information content (AvgIpc) is 2.71. The third kappa shape index (κ3) is 2.44. The molecule has 15 heavy (non-hydrogen) atoms. The van der Waals surface area contributed by atoms with Crippen molar-refractivity contribution >= 4 is 22.9 Å². The van der Waals surface area contributed by atoms with Crippen LogP contribution in [0.4, 0.5) is 5.69 Å². The molecule has 1 aromatic carbocycles. The van der Waals surface area contributed by atoms with E-state index in [-0.39, 0.29) is 5.91 Å². The first-order valence-electron chi connectivity index (χ1n) is 4.66. The Bertz CT molecular complexity index is 445. The van der Waals surface area contributed by atoms with E-state index in [1.54, 1.807) is 11.3 Å². The van der Waals surface area contributed by atoms with E-state index in [2.05, 4.69) is 5.32 Å². The number of aryl methyl sites for hydroxylation is 1. The largest absolute Gasteiger partial charge is 0.321 e. The summed E-state index contributed by atoms with van der Waals surface area (Å²) in [5, 5.41) is 6.67. The zero-order valence-corrected chi connectivity index (χ0v) is 9.17. The van der Waals surface area contributed by atoms with E-state index in [0.29, 0.717) is 5.56 Å². The van der Waals surface area contributed by atoms with Gasteiger partial charge in [-0.2, -0.15) is 11.3 Å². The van der Waals surface area contributed by atoms with Crippen molar-refractivity contribution < 1.29 is 4.79 Å². The Kier molecular flexibility index (Phi) is 2.83. The van der Waals surface area contributed by atoms with Crippen molar-refractivity contribution in [1.82, 2.24) is 0 Å². The summed E-state index contributed by atoms with van der Waals surface area (Å²) >= 11 is 1.56. The normalized spacial score (nSPS) is 9.93. The van der Waals surface area contributed by atoms with Gasteiger partial charge in [0.1, 0.15) is 0 Å². The van der Waals surface area contributed by atoms with Gasteiger partial charge in [-0.15, -0.1) is 0 Å². The van der Waals surface area contributed by atoms with E-state index in [1.807, 2.05) is 48.0 Å². The van der Waals surface area contributed by atoms with Crippen LogP contribution >= 0.6 is 11.3 Å². The van der Waals surface area contributed by atoms with Crippen molar-refractivity contribution in [2.75, 3.05) is 5.32 Å². The average molecular weight is 217 g/mol. The van der Waals surface area contributed by atoms with Gasteiger partial charge in [-0.3, -0.25) is 4.79 Å². The van der Waals surface area contributed by atoms with Crippen molar-refractivity contribution in [1.29, 1.82) is 0 Å². The summed E-state index contributed by atoms with van der Waals surface area (Å²) in [6.45, 7) is 2.00. The Labute approximate surface area is 92.6 Å². The van der Waals surface area contributed by atoms with Gasteiger partial charge in [-0.25, -0.2) is 0 Å². The molecule has 0 unspecified atom stereocenters. The first-order chi connectivity index (χ1) is 7.25. The third-order valence-electron chi connectivity index (χ3n) is 2.09. The number of anilines is 1. The van der Waals surface area contributed by atoms with Crippen LogP contribution in [0.1, 0.15) is 15.9 Å². The number of thiophene rings is 1. The molecule has 0 radical (unpaired) electrons. The fraction of sp³-hybridized carbons (Fsp3) is 0.0833. The van der Waals surface area contributed by atoms with E-state index in [0.717, 1.165) is 11.3 Å². The second-order valence-electron chi connectivity index (χ2n) is 3.33. The maximum Gasteiger partial charge on any atom is 0.255 e. The van der Waals surface area contributed by atoms with Crippen LogP contribution in [0.25, 0.3) is 0 Å². The molecule has 0 atom stereocenters. The number of nitrogens with one attached hydrogen (secondary N) is 1. The first kappa shape index (κ1) is 9.93. The fourth-order valence-electron chi connectivity index (χ4n) is 1.24. The van der Waals surface area contributed by atoms with Crippen LogP contribution in [0.3, 0.4) is 0 Å². The number of carbonyl (C=O) groups is 1. The Morgan fingerprint density at radius 1 is 1.20 bits per heavy atom. The highest BCUT2D eigenvalue weighted by Gasteiger charge is 2.04. The highest BCUT2D eigenvalue weighted by molar-refractivity contribution is 7.08. The second kappa shape index (κ2) is 4.28. The summed E-state index contributed by atoms with van der Waals surface area (Å²) in [6.07, 6.45) is 0. The van der Waals surface area contributed by atoms with Crippen LogP contribution in [-0.2, 0) is 0 Å². The minimum Gasteiger partial charge on any atom is -0.321 e. The summed E-state index contributed by atoms with van der Waals surface area (Å²) in [5.41, 5.74) is 2.69. The van der Waals surface area contributed by atoms with E-state index in [4.69, 9.17) is 0 Å². The number of carbonyl (C=O) groups excluding carboxylic acids is 1. The highest BCUT2D eigenvalue weighted by atomic mass is 32.1. The van der Waals surface area contributed by atoms with Crippen LogP contribution < -0.4 is 5.32 Å². The van der Waals surface area contributed by atoms with Gasteiger partial charge in [0.2, 0.25) is 0 Å². The van der Waals surface area contributed by atoms with Crippen molar-refractivity contribution in [2.45, 2.75) is 6.92 Å². The van der Waals surface area contributed by atoms with Gasteiger partial charge < -0.3 is 5.32 Å². The predicted molar refractivity (Wildman–Crippen MR) is 63.5 cm³/mol. The summed E-state index contributed by atoms with van der Waals surface area (Å²) in [5.74, 6) is -0.0617. The lowest BCUT2D eigenvalue weighted by molar-refractivity contribution is 0.102. The van der Waals surface area contributed by atoms with Crippen LogP contribution in [0.15, 0.2) is 41.1 Å². The number of amides is 1. The van der Waals surface area contributed by atoms with Crippen molar-refractivity contribution in [3.8, 4) is 0 Å². The number of benzene rings is 1. The number of rotatable bonds is 2. The lowest BCUT2D eigenvalue weighted by atomic mass is 10.1. The molecule has 1 heterocycles. The van der Waals surface area contributed by atoms with Crippen molar-refractivity contribution in [3.05, 3.63) is 52.2 Å². The summed E-state index contributed by atoms with van der Waals surface area (Å²) < 4.78 is 0. The second-order valence-corrected chi connectivity index (χ2v) is 4.11. The molecule has 0 aliphatic rings.